The molecular weight excluding hydrogens is 267 g/mol. The second kappa shape index (κ2) is 5.38. The Morgan fingerprint density at radius 1 is 1.11 bits per heavy atom. The van der Waals surface area contributed by atoms with E-state index in [0.29, 0.717) is 12.1 Å². The quantitative estimate of drug-likeness (QED) is 0.929. The van der Waals surface area contributed by atoms with Crippen LogP contribution in [0.5, 0.6) is 0 Å². The number of hydrogen-bond donors (Lipinski definition) is 1. The Morgan fingerprint density at radius 3 is 2.53 bits per heavy atom. The largest absolute Gasteiger partial charge is 0.573 e. The van der Waals surface area contributed by atoms with Gasteiger partial charge in [-0.1, -0.05) is 30.3 Å². The fourth-order valence-corrected chi connectivity index (χ4v) is 2.92. The van der Waals surface area contributed by atoms with Crippen LogP contribution in [0.25, 0.3) is 4.72 Å². The molecule has 0 unspecified atom stereocenters. The van der Waals surface area contributed by atoms with Crippen molar-refractivity contribution in [3.05, 3.63) is 64.6 Å². The molecule has 100 valence electrons. The molecule has 6 heteroatoms. The fraction of sp³-hybridized carbons (Fsp3) is 0.0769. The molecule has 0 saturated heterocycles. The monoisotopic (exact) mass is 280 g/mol. The van der Waals surface area contributed by atoms with Crippen molar-refractivity contribution >= 4 is 15.7 Å². The SMILES string of the molecule is [NH3+]Cc1ccccc1S(=O)(=O)[N-]c1cccc(F)c1. The molecule has 0 aromatic heterocycles. The van der Waals surface area contributed by atoms with E-state index in [1.54, 1.807) is 18.2 Å². The molecule has 0 aliphatic carbocycles. The summed E-state index contributed by atoms with van der Waals surface area (Å²) in [5, 5.41) is 0. The first-order valence-electron chi connectivity index (χ1n) is 5.63. The lowest BCUT2D eigenvalue weighted by Crippen LogP contribution is -2.47. The minimum Gasteiger partial charge on any atom is -0.573 e. The molecule has 19 heavy (non-hydrogen) atoms. The summed E-state index contributed by atoms with van der Waals surface area (Å²) in [7, 11) is -3.85. The predicted molar refractivity (Wildman–Crippen MR) is 69.6 cm³/mol. The van der Waals surface area contributed by atoms with Gasteiger partial charge in [0.25, 0.3) is 0 Å². The summed E-state index contributed by atoms with van der Waals surface area (Å²) >= 11 is 0. The highest BCUT2D eigenvalue weighted by Crippen LogP contribution is 2.29. The van der Waals surface area contributed by atoms with Crippen LogP contribution in [0.3, 0.4) is 0 Å². The molecule has 0 atom stereocenters. The summed E-state index contributed by atoms with van der Waals surface area (Å²) in [5.74, 6) is -0.526. The highest BCUT2D eigenvalue weighted by molar-refractivity contribution is 7.94. The van der Waals surface area contributed by atoms with Gasteiger partial charge in [0, 0.05) is 5.56 Å². The molecule has 0 saturated carbocycles. The number of quaternary nitrogens is 1. The van der Waals surface area contributed by atoms with Crippen molar-refractivity contribution in [1.29, 1.82) is 0 Å². The molecule has 0 bridgehead atoms. The zero-order valence-corrected chi connectivity index (χ0v) is 10.9. The molecule has 0 radical (unpaired) electrons. The minimum atomic E-state index is -3.85. The van der Waals surface area contributed by atoms with E-state index in [0.717, 1.165) is 6.07 Å². The Morgan fingerprint density at radius 2 is 1.84 bits per heavy atom. The maximum atomic E-state index is 13.0. The van der Waals surface area contributed by atoms with Crippen molar-refractivity contribution < 1.29 is 18.5 Å². The van der Waals surface area contributed by atoms with E-state index >= 15 is 0 Å². The maximum absolute atomic E-state index is 13.0. The van der Waals surface area contributed by atoms with Gasteiger partial charge in [-0.3, -0.25) is 0 Å². The van der Waals surface area contributed by atoms with Gasteiger partial charge in [0.15, 0.2) is 0 Å². The maximum Gasteiger partial charge on any atom is 0.123 e. The van der Waals surface area contributed by atoms with Crippen molar-refractivity contribution in [2.75, 3.05) is 0 Å². The molecule has 0 aliphatic heterocycles. The lowest BCUT2D eigenvalue weighted by molar-refractivity contribution is -0.387. The van der Waals surface area contributed by atoms with Gasteiger partial charge in [0.1, 0.15) is 22.4 Å². The average molecular weight is 280 g/mol. The summed E-state index contributed by atoms with van der Waals surface area (Å²) in [6.07, 6.45) is 0. The summed E-state index contributed by atoms with van der Waals surface area (Å²) in [4.78, 5) is 0.106. The van der Waals surface area contributed by atoms with Gasteiger partial charge < -0.3 is 10.5 Å². The van der Waals surface area contributed by atoms with Crippen LogP contribution in [0.4, 0.5) is 10.1 Å². The third-order valence-electron chi connectivity index (χ3n) is 2.55. The van der Waals surface area contributed by atoms with Crippen LogP contribution in [-0.2, 0) is 16.6 Å². The molecule has 2 aromatic carbocycles. The Kier molecular flexibility index (Phi) is 3.82. The first-order chi connectivity index (χ1) is 9.03. The van der Waals surface area contributed by atoms with Crippen LogP contribution in [-0.4, -0.2) is 8.42 Å². The third-order valence-corrected chi connectivity index (χ3v) is 3.96. The Hall–Kier alpha value is -1.92. The smallest absolute Gasteiger partial charge is 0.123 e. The van der Waals surface area contributed by atoms with Crippen LogP contribution in [0.1, 0.15) is 5.56 Å². The van der Waals surface area contributed by atoms with E-state index in [-0.39, 0.29) is 10.6 Å². The molecule has 4 nitrogen and oxygen atoms in total. The highest BCUT2D eigenvalue weighted by atomic mass is 32.2. The Labute approximate surface area is 111 Å². The van der Waals surface area contributed by atoms with Crippen molar-refractivity contribution in [2.24, 2.45) is 0 Å². The van der Waals surface area contributed by atoms with Crippen LogP contribution in [0.15, 0.2) is 53.4 Å². The van der Waals surface area contributed by atoms with Gasteiger partial charge in [0.05, 0.1) is 4.90 Å². The van der Waals surface area contributed by atoms with Crippen LogP contribution >= 0.6 is 0 Å². The molecular formula is C13H13FN2O2S. The van der Waals surface area contributed by atoms with E-state index in [4.69, 9.17) is 0 Å². The first kappa shape index (κ1) is 13.5. The third kappa shape index (κ3) is 3.10. The van der Waals surface area contributed by atoms with E-state index < -0.39 is 15.8 Å². The van der Waals surface area contributed by atoms with E-state index in [1.807, 2.05) is 0 Å². The number of hydrogen-bond acceptors (Lipinski definition) is 2. The summed E-state index contributed by atoms with van der Waals surface area (Å²) < 4.78 is 41.0. The molecule has 3 N–H and O–H groups in total. The van der Waals surface area contributed by atoms with E-state index in [9.17, 15) is 12.8 Å². The normalized spacial score (nSPS) is 11.3. The van der Waals surface area contributed by atoms with Gasteiger partial charge in [-0.05, 0) is 18.2 Å². The van der Waals surface area contributed by atoms with Crippen molar-refractivity contribution in [1.82, 2.24) is 0 Å². The fourth-order valence-electron chi connectivity index (χ4n) is 1.68. The summed E-state index contributed by atoms with van der Waals surface area (Å²) in [6, 6.07) is 11.7. The van der Waals surface area contributed by atoms with Gasteiger partial charge >= 0.3 is 0 Å². The second-order valence-electron chi connectivity index (χ2n) is 3.90. The molecule has 0 amide bonds. The molecule has 0 aliphatic rings. The lowest BCUT2D eigenvalue weighted by atomic mass is 10.2. The van der Waals surface area contributed by atoms with Gasteiger partial charge in [-0.15, -0.1) is 5.69 Å². The number of sulfonamides is 1. The molecule has 2 aromatic rings. The molecule has 2 rings (SSSR count). The predicted octanol–water partition coefficient (Wildman–Crippen LogP) is 1.96. The zero-order valence-electron chi connectivity index (χ0n) is 10.1. The first-order valence-corrected chi connectivity index (χ1v) is 7.07. The van der Waals surface area contributed by atoms with Crippen molar-refractivity contribution in [3.8, 4) is 0 Å². The minimum absolute atomic E-state index is 0.0684. The zero-order chi connectivity index (χ0) is 13.9. The van der Waals surface area contributed by atoms with Crippen LogP contribution < -0.4 is 5.73 Å². The van der Waals surface area contributed by atoms with E-state index in [1.165, 1.54) is 24.3 Å². The lowest BCUT2D eigenvalue weighted by Gasteiger charge is -2.22. The van der Waals surface area contributed by atoms with Crippen molar-refractivity contribution in [3.63, 3.8) is 0 Å². The summed E-state index contributed by atoms with van der Waals surface area (Å²) in [6.45, 7) is 0.341. The average Bonchev–Trinajstić information content (AvgIpc) is 2.38. The van der Waals surface area contributed by atoms with Gasteiger partial charge in [-0.2, -0.15) is 0 Å². The van der Waals surface area contributed by atoms with Crippen LogP contribution in [0, 0.1) is 5.82 Å². The Balaban J connectivity index is 2.38. The molecule has 0 fully saturated rings. The van der Waals surface area contributed by atoms with Gasteiger partial charge in [0.2, 0.25) is 0 Å². The Bertz CT molecular complexity index is 687. The number of halogens is 1. The molecule has 0 spiro atoms. The second-order valence-corrected chi connectivity index (χ2v) is 5.48. The van der Waals surface area contributed by atoms with E-state index in [2.05, 4.69) is 10.5 Å². The number of benzene rings is 2. The van der Waals surface area contributed by atoms with Crippen molar-refractivity contribution in [2.45, 2.75) is 11.4 Å². The highest BCUT2D eigenvalue weighted by Gasteiger charge is 2.10. The molecule has 0 heterocycles. The standard InChI is InChI=1S/C13H12FN2O2S/c14-11-5-3-6-12(8-11)16-19(17,18)13-7-2-1-4-10(13)9-15/h1-8H,9,15H2/q-1/p+1. The summed E-state index contributed by atoms with van der Waals surface area (Å²) in [5.41, 5.74) is 4.34. The van der Waals surface area contributed by atoms with Crippen LogP contribution in [0.2, 0.25) is 0 Å². The number of rotatable bonds is 4. The van der Waals surface area contributed by atoms with Gasteiger partial charge in [-0.25, -0.2) is 12.8 Å². The topological polar surface area (TPSA) is 75.9 Å². The number of nitrogens with zero attached hydrogens (tertiary/aromatic N) is 1.